The Kier molecular flexibility index (Phi) is 21.8. The van der Waals surface area contributed by atoms with E-state index in [0.29, 0.717) is 0 Å². The van der Waals surface area contributed by atoms with E-state index < -0.39 is 167 Å². The molecule has 0 aromatic heterocycles. The molecule has 0 spiro atoms. The Balaban J connectivity index is 1.19. The number of amides is 7. The van der Waals surface area contributed by atoms with E-state index in [9.17, 15) is 83.9 Å². The molecule has 0 aliphatic carbocycles. The number of rotatable bonds is 15. The molecule has 3 aliphatic heterocycles. The molecule has 14 N–H and O–H groups in total. The summed E-state index contributed by atoms with van der Waals surface area (Å²) in [6.07, 6.45) is -12.6. The molecule has 16 atom stereocenters. The van der Waals surface area contributed by atoms with Crippen molar-refractivity contribution in [3.05, 3.63) is 114 Å². The van der Waals surface area contributed by atoms with Gasteiger partial charge in [-0.15, -0.1) is 4.89 Å². The summed E-state index contributed by atoms with van der Waals surface area (Å²) >= 11 is 0. The number of nitrogens with zero attached hydrogens (tertiary/aromatic N) is 2. The molecule has 25 nitrogen and oxygen atoms in total. The molecule has 7 rings (SSSR count). The second kappa shape index (κ2) is 28.5. The van der Waals surface area contributed by atoms with Crippen LogP contribution in [0.5, 0.6) is 5.75 Å². The van der Waals surface area contributed by atoms with Crippen LogP contribution in [-0.2, 0) is 39.8 Å². The topological polar surface area (TPSA) is 394 Å². The quantitative estimate of drug-likeness (QED) is 0.0530. The zero-order valence-corrected chi connectivity index (χ0v) is 47.5. The van der Waals surface area contributed by atoms with Crippen molar-refractivity contribution in [1.82, 2.24) is 36.4 Å². The SMILES string of the molecule is CCCCCc1ccc(-c2ccc(-c3ccc(C(=O)NC4CC(O)C(O)NC(=O)[C@@H]5C(O)C(C)CN5C(=O)[C@H](C(C)O)NC(=O)[C@H](C(O)C(O)c5ccc(O[P+](=O)O)cc5)NC(=O)[C@@H]5CC(O)CN5C(=O)[C@H](C(C)O)NC4=O)cc3)cc2)cc1. The van der Waals surface area contributed by atoms with E-state index in [1.165, 1.54) is 31.0 Å². The van der Waals surface area contributed by atoms with E-state index in [-0.39, 0.29) is 16.9 Å². The number of fused-ring (bicyclic) bond motifs is 2. The van der Waals surface area contributed by atoms with Crippen molar-refractivity contribution in [2.24, 2.45) is 5.92 Å². The molecular formula is C58H73N7O18P+. The summed E-state index contributed by atoms with van der Waals surface area (Å²) in [5, 5.41) is 102. The lowest BCUT2D eigenvalue weighted by atomic mass is 9.96. The maximum absolute atomic E-state index is 14.5. The fourth-order valence-corrected chi connectivity index (χ4v) is 10.8. The first-order valence-corrected chi connectivity index (χ1v) is 28.8. The van der Waals surface area contributed by atoms with Crippen LogP contribution < -0.4 is 31.1 Å². The Bertz CT molecular complexity index is 2990. The van der Waals surface area contributed by atoms with Crippen LogP contribution in [0, 0.1) is 5.92 Å². The van der Waals surface area contributed by atoms with Crippen LogP contribution in [0.3, 0.4) is 0 Å². The highest BCUT2D eigenvalue weighted by molar-refractivity contribution is 7.32. The molecule has 84 heavy (non-hydrogen) atoms. The molecule has 7 amide bonds. The van der Waals surface area contributed by atoms with Crippen molar-refractivity contribution in [3.8, 4) is 28.0 Å². The van der Waals surface area contributed by atoms with Gasteiger partial charge in [-0.1, -0.05) is 99.5 Å². The van der Waals surface area contributed by atoms with Gasteiger partial charge >= 0.3 is 8.25 Å². The predicted octanol–water partition coefficient (Wildman–Crippen LogP) is -0.440. The molecule has 452 valence electrons. The summed E-state index contributed by atoms with van der Waals surface area (Å²) in [6, 6.07) is 15.2. The van der Waals surface area contributed by atoms with E-state index in [2.05, 4.69) is 57.8 Å². The third-order valence-corrected chi connectivity index (χ3v) is 15.7. The summed E-state index contributed by atoms with van der Waals surface area (Å²) in [7, 11) is -3.10. The monoisotopic (exact) mass is 1190 g/mol. The highest BCUT2D eigenvalue weighted by Crippen LogP contribution is 2.30. The molecule has 11 unspecified atom stereocenters. The lowest BCUT2D eigenvalue weighted by molar-refractivity contribution is -0.148. The normalized spacial score (nSPS) is 27.3. The van der Waals surface area contributed by atoms with Gasteiger partial charge in [0.25, 0.3) is 5.91 Å². The third-order valence-electron chi connectivity index (χ3n) is 15.4. The summed E-state index contributed by atoms with van der Waals surface area (Å²) < 4.78 is 16.0. The molecule has 4 aromatic rings. The van der Waals surface area contributed by atoms with Crippen molar-refractivity contribution in [2.75, 3.05) is 13.1 Å². The van der Waals surface area contributed by atoms with Gasteiger partial charge in [-0.3, -0.25) is 33.6 Å². The zero-order chi connectivity index (χ0) is 61.3. The van der Waals surface area contributed by atoms with Crippen LogP contribution in [0.25, 0.3) is 22.3 Å². The van der Waals surface area contributed by atoms with Crippen LogP contribution in [0.4, 0.5) is 0 Å². The van der Waals surface area contributed by atoms with Crippen molar-refractivity contribution in [2.45, 2.75) is 151 Å². The number of aryl methyl sites for hydroxylation is 1. The van der Waals surface area contributed by atoms with Crippen molar-refractivity contribution in [1.29, 1.82) is 0 Å². The average Bonchev–Trinajstić information content (AvgIpc) is 3.02. The van der Waals surface area contributed by atoms with E-state index in [1.807, 2.05) is 24.3 Å². The molecule has 3 heterocycles. The van der Waals surface area contributed by atoms with Gasteiger partial charge in [0, 0.05) is 42.0 Å². The Labute approximate surface area is 485 Å². The van der Waals surface area contributed by atoms with Crippen molar-refractivity contribution < 1.29 is 88.4 Å². The summed E-state index contributed by atoms with van der Waals surface area (Å²) in [5.74, 6) is -9.54. The van der Waals surface area contributed by atoms with Crippen LogP contribution in [0.1, 0.15) is 87.4 Å². The Morgan fingerprint density at radius 3 is 1.73 bits per heavy atom. The summed E-state index contributed by atoms with van der Waals surface area (Å²) in [6.45, 7) is 4.78. The van der Waals surface area contributed by atoms with Crippen molar-refractivity contribution >= 4 is 49.6 Å². The predicted molar refractivity (Wildman–Crippen MR) is 300 cm³/mol. The number of aliphatic hydroxyl groups excluding tert-OH is 8. The van der Waals surface area contributed by atoms with Crippen LogP contribution in [0.15, 0.2) is 97.1 Å². The first kappa shape index (κ1) is 64.3. The van der Waals surface area contributed by atoms with Crippen molar-refractivity contribution in [3.63, 3.8) is 0 Å². The number of nitrogens with one attached hydrogen (secondary N) is 5. The largest absolute Gasteiger partial charge is 0.747 e. The Morgan fingerprint density at radius 1 is 0.655 bits per heavy atom. The molecule has 0 saturated carbocycles. The van der Waals surface area contributed by atoms with Crippen LogP contribution >= 0.6 is 8.25 Å². The standard InChI is InChI=1S/C58H72N7O18P/c1-5-6-7-8-32-9-11-33(12-10-32)34-13-15-35(16-14-34)36-17-19-38(20-18-36)51(73)59-41-26-43(69)54(76)63-56(78)47-48(70)29(2)27-65(47)58(80)45(31(4)67)61-55(77)46(50(72)49(71)37-21-23-40(24-22-37)83-84(81)82)62-53(75)42-25-39(68)28-64(42)57(79)44(30(3)66)60-52(41)74/h9-24,29-31,39,41-50,54,66-72,76H,5-8,25-28H2,1-4H3,(H5-,59,60,61,62,63,73,74,75,77,78,81,82)/p+1/t29?,30?,31?,39?,41?,42-,43?,44-,45-,46-,47-,48?,49?,50?,54?/m0/s1. The Hall–Kier alpha value is -7.29. The van der Waals surface area contributed by atoms with Gasteiger partial charge in [-0.25, -0.2) is 4.52 Å². The Morgan fingerprint density at radius 2 is 1.18 bits per heavy atom. The lowest BCUT2D eigenvalue weighted by Crippen LogP contribution is -2.64. The maximum Gasteiger partial charge on any atom is 0.747 e. The molecule has 0 radical (unpaired) electrons. The third kappa shape index (κ3) is 15.5. The number of carbonyl (C=O) groups excluding carboxylic acids is 7. The highest BCUT2D eigenvalue weighted by Gasteiger charge is 2.50. The number of hydrogen-bond acceptors (Lipinski definition) is 17. The molecule has 3 aliphatic rings. The van der Waals surface area contributed by atoms with Gasteiger partial charge in [-0.2, -0.15) is 0 Å². The van der Waals surface area contributed by atoms with Gasteiger partial charge in [0.2, 0.25) is 35.4 Å². The molecule has 3 fully saturated rings. The molecule has 26 heteroatoms. The van der Waals surface area contributed by atoms with Crippen LogP contribution in [0.2, 0.25) is 0 Å². The second-order valence-corrected chi connectivity index (χ2v) is 22.3. The fourth-order valence-electron chi connectivity index (χ4n) is 10.5. The number of benzene rings is 4. The molecule has 4 aromatic carbocycles. The molecule has 0 bridgehead atoms. The summed E-state index contributed by atoms with van der Waals surface area (Å²) in [5.41, 5.74) is 4.70. The van der Waals surface area contributed by atoms with Gasteiger partial charge < -0.3 is 77.2 Å². The second-order valence-electron chi connectivity index (χ2n) is 21.7. The first-order valence-electron chi connectivity index (χ1n) is 27.7. The number of carbonyl (C=O) groups is 7. The maximum atomic E-state index is 14.5. The van der Waals surface area contributed by atoms with E-state index in [4.69, 9.17) is 4.52 Å². The van der Waals surface area contributed by atoms with Gasteiger partial charge in [0.1, 0.15) is 54.6 Å². The highest BCUT2D eigenvalue weighted by atomic mass is 31.1. The van der Waals surface area contributed by atoms with Gasteiger partial charge in [0.15, 0.2) is 12.0 Å². The number of hydrogen-bond donors (Lipinski definition) is 14. The lowest BCUT2D eigenvalue weighted by Gasteiger charge is -2.34. The summed E-state index contributed by atoms with van der Waals surface area (Å²) in [4.78, 5) is 111. The van der Waals surface area contributed by atoms with Gasteiger partial charge in [0.05, 0.1) is 24.4 Å². The van der Waals surface area contributed by atoms with Crippen LogP contribution in [-0.4, -0.2) is 189 Å². The minimum Gasteiger partial charge on any atom is -0.391 e. The van der Waals surface area contributed by atoms with E-state index in [0.717, 1.165) is 89.4 Å². The van der Waals surface area contributed by atoms with E-state index in [1.54, 1.807) is 12.1 Å². The molecule has 3 saturated heterocycles. The number of aliphatic hydroxyl groups is 8. The average molecular weight is 1190 g/mol. The van der Waals surface area contributed by atoms with E-state index >= 15 is 0 Å². The smallest absolute Gasteiger partial charge is 0.391 e. The van der Waals surface area contributed by atoms with Gasteiger partial charge in [-0.05, 0) is 84.3 Å². The zero-order valence-electron chi connectivity index (χ0n) is 46.6. The number of unbranched alkanes of at least 4 members (excludes halogenated alkanes) is 2. The minimum absolute atomic E-state index is 0.00849. The fraction of sp³-hybridized carbons (Fsp3) is 0.466. The molecular weight excluding hydrogens is 1110 g/mol. The minimum atomic E-state index is -3.10. The first-order chi connectivity index (χ1) is 39.9.